The van der Waals surface area contributed by atoms with Gasteiger partial charge in [-0.05, 0) is 50.8 Å². The third-order valence-corrected chi connectivity index (χ3v) is 5.40. The van der Waals surface area contributed by atoms with Gasteiger partial charge in [0.25, 0.3) is 5.91 Å². The number of piperidine rings is 1. The number of aliphatic hydroxyl groups is 1. The standard InChI is InChI=1S/C12H15Br2NO3S/c13-10-7-9(11(14)19-10)12(17)15-3-1-8(2-4-15)18-6-5-16/h7-8,16H,1-6H2. The summed E-state index contributed by atoms with van der Waals surface area (Å²) in [6.45, 7) is 1.83. The summed E-state index contributed by atoms with van der Waals surface area (Å²) in [5, 5.41) is 8.72. The van der Waals surface area contributed by atoms with Crippen LogP contribution in [0.5, 0.6) is 0 Å². The molecular formula is C12H15Br2NO3S. The zero-order valence-electron chi connectivity index (χ0n) is 10.3. The van der Waals surface area contributed by atoms with Crippen molar-refractivity contribution in [1.82, 2.24) is 4.90 Å². The molecule has 1 N–H and O–H groups in total. The second-order valence-corrected chi connectivity index (χ2v) is 8.07. The van der Waals surface area contributed by atoms with Crippen molar-refractivity contribution < 1.29 is 14.6 Å². The highest BCUT2D eigenvalue weighted by molar-refractivity contribution is 9.12. The highest BCUT2D eigenvalue weighted by atomic mass is 79.9. The molecule has 1 aliphatic rings. The summed E-state index contributed by atoms with van der Waals surface area (Å²) >= 11 is 8.31. The molecule has 106 valence electrons. The van der Waals surface area contributed by atoms with Crippen LogP contribution in [0.1, 0.15) is 23.2 Å². The van der Waals surface area contributed by atoms with E-state index in [1.165, 1.54) is 11.3 Å². The monoisotopic (exact) mass is 411 g/mol. The van der Waals surface area contributed by atoms with Crippen LogP contribution >= 0.6 is 43.2 Å². The summed E-state index contributed by atoms with van der Waals surface area (Å²) < 4.78 is 7.30. The van der Waals surface area contributed by atoms with Gasteiger partial charge in [0.1, 0.15) is 0 Å². The molecule has 19 heavy (non-hydrogen) atoms. The smallest absolute Gasteiger partial charge is 0.255 e. The van der Waals surface area contributed by atoms with Gasteiger partial charge in [0.2, 0.25) is 0 Å². The number of thiophene rings is 1. The predicted octanol–water partition coefficient (Wildman–Crippen LogP) is 2.89. The number of nitrogens with zero attached hydrogens (tertiary/aromatic N) is 1. The van der Waals surface area contributed by atoms with Gasteiger partial charge in [-0.1, -0.05) is 0 Å². The molecule has 0 radical (unpaired) electrons. The van der Waals surface area contributed by atoms with E-state index in [9.17, 15) is 4.79 Å². The number of ether oxygens (including phenoxy) is 1. The molecule has 1 fully saturated rings. The Kier molecular flexibility index (Phi) is 5.83. The maximum absolute atomic E-state index is 12.4. The Morgan fingerprint density at radius 2 is 2.16 bits per heavy atom. The highest BCUT2D eigenvalue weighted by Gasteiger charge is 2.25. The van der Waals surface area contributed by atoms with Gasteiger partial charge in [-0.2, -0.15) is 0 Å². The molecule has 0 aliphatic carbocycles. The third-order valence-electron chi connectivity index (χ3n) is 3.06. The summed E-state index contributed by atoms with van der Waals surface area (Å²) in [6, 6.07) is 1.85. The number of amides is 1. The van der Waals surface area contributed by atoms with Crippen molar-refractivity contribution in [2.24, 2.45) is 0 Å². The SMILES string of the molecule is O=C(c1cc(Br)sc1Br)N1CCC(OCCO)CC1. The molecule has 4 nitrogen and oxygen atoms in total. The van der Waals surface area contributed by atoms with Gasteiger partial charge in [-0.15, -0.1) is 11.3 Å². The number of carbonyl (C=O) groups is 1. The lowest BCUT2D eigenvalue weighted by Gasteiger charge is -2.31. The fourth-order valence-electron chi connectivity index (χ4n) is 2.10. The van der Waals surface area contributed by atoms with Crippen LogP contribution in [0.3, 0.4) is 0 Å². The average molecular weight is 413 g/mol. The average Bonchev–Trinajstić information content (AvgIpc) is 2.75. The minimum atomic E-state index is 0.0506. The number of hydrogen-bond donors (Lipinski definition) is 1. The molecule has 0 atom stereocenters. The minimum absolute atomic E-state index is 0.0506. The van der Waals surface area contributed by atoms with Crippen LogP contribution in [0.25, 0.3) is 0 Å². The molecular weight excluding hydrogens is 398 g/mol. The first kappa shape index (κ1) is 15.4. The van der Waals surface area contributed by atoms with Crippen molar-refractivity contribution in [2.45, 2.75) is 18.9 Å². The Labute approximate surface area is 133 Å². The molecule has 0 unspecified atom stereocenters. The second kappa shape index (κ2) is 7.17. The molecule has 2 rings (SSSR count). The molecule has 0 aromatic carbocycles. The van der Waals surface area contributed by atoms with Gasteiger partial charge in [-0.25, -0.2) is 0 Å². The van der Waals surface area contributed by atoms with Crippen molar-refractivity contribution in [1.29, 1.82) is 0 Å². The quantitative estimate of drug-likeness (QED) is 0.827. The Hall–Kier alpha value is 0.0500. The normalized spacial score (nSPS) is 16.9. The molecule has 7 heteroatoms. The van der Waals surface area contributed by atoms with E-state index in [1.807, 2.05) is 11.0 Å². The van der Waals surface area contributed by atoms with Gasteiger partial charge in [0.15, 0.2) is 0 Å². The molecule has 1 aromatic rings. The van der Waals surface area contributed by atoms with Crippen LogP contribution in [0.4, 0.5) is 0 Å². The largest absolute Gasteiger partial charge is 0.394 e. The van der Waals surface area contributed by atoms with Crippen LogP contribution in [0, 0.1) is 0 Å². The third kappa shape index (κ3) is 4.01. The van der Waals surface area contributed by atoms with Gasteiger partial charge < -0.3 is 14.7 Å². The second-order valence-electron chi connectivity index (χ2n) is 4.32. The van der Waals surface area contributed by atoms with E-state index in [0.717, 1.165) is 20.4 Å². The molecule has 0 bridgehead atoms. The first-order valence-electron chi connectivity index (χ1n) is 6.08. The summed E-state index contributed by atoms with van der Waals surface area (Å²) in [5.74, 6) is 0.0643. The molecule has 1 aliphatic heterocycles. The maximum Gasteiger partial charge on any atom is 0.255 e. The van der Waals surface area contributed by atoms with Crippen LogP contribution in [-0.2, 0) is 4.74 Å². The lowest BCUT2D eigenvalue weighted by Crippen LogP contribution is -2.41. The molecule has 0 saturated carbocycles. The lowest BCUT2D eigenvalue weighted by molar-refractivity contribution is -0.00554. The highest BCUT2D eigenvalue weighted by Crippen LogP contribution is 2.33. The zero-order valence-corrected chi connectivity index (χ0v) is 14.3. The Balaban J connectivity index is 1.91. The molecule has 0 spiro atoms. The van der Waals surface area contributed by atoms with Crippen LogP contribution in [0.2, 0.25) is 0 Å². The summed E-state index contributed by atoms with van der Waals surface area (Å²) in [6.07, 6.45) is 1.82. The van der Waals surface area contributed by atoms with Crippen molar-refractivity contribution in [3.63, 3.8) is 0 Å². The summed E-state index contributed by atoms with van der Waals surface area (Å²) in [4.78, 5) is 14.2. The molecule has 2 heterocycles. The van der Waals surface area contributed by atoms with Crippen LogP contribution in [0.15, 0.2) is 13.6 Å². The van der Waals surface area contributed by atoms with E-state index in [4.69, 9.17) is 9.84 Å². The number of rotatable bonds is 4. The minimum Gasteiger partial charge on any atom is -0.394 e. The van der Waals surface area contributed by atoms with E-state index in [0.29, 0.717) is 25.3 Å². The number of likely N-dealkylation sites (tertiary alicyclic amines) is 1. The van der Waals surface area contributed by atoms with Crippen molar-refractivity contribution in [3.8, 4) is 0 Å². The molecule has 1 saturated heterocycles. The Morgan fingerprint density at radius 3 is 2.68 bits per heavy atom. The molecule has 1 aromatic heterocycles. The first-order chi connectivity index (χ1) is 9.11. The fraction of sp³-hybridized carbons (Fsp3) is 0.583. The van der Waals surface area contributed by atoms with E-state index in [2.05, 4.69) is 31.9 Å². The predicted molar refractivity (Wildman–Crippen MR) is 81.7 cm³/mol. The number of carbonyl (C=O) groups excluding carboxylic acids is 1. The topological polar surface area (TPSA) is 49.8 Å². The van der Waals surface area contributed by atoms with Crippen molar-refractivity contribution >= 4 is 49.1 Å². The molecule has 1 amide bonds. The number of aliphatic hydroxyl groups excluding tert-OH is 1. The Morgan fingerprint density at radius 1 is 1.47 bits per heavy atom. The van der Waals surface area contributed by atoms with Crippen molar-refractivity contribution in [2.75, 3.05) is 26.3 Å². The summed E-state index contributed by atoms with van der Waals surface area (Å²) in [5.41, 5.74) is 0.714. The Bertz CT molecular complexity index is 444. The number of hydrogen-bond acceptors (Lipinski definition) is 4. The van der Waals surface area contributed by atoms with Gasteiger partial charge >= 0.3 is 0 Å². The summed E-state index contributed by atoms with van der Waals surface area (Å²) in [7, 11) is 0. The maximum atomic E-state index is 12.4. The van der Waals surface area contributed by atoms with E-state index >= 15 is 0 Å². The van der Waals surface area contributed by atoms with Gasteiger partial charge in [0.05, 0.1) is 32.5 Å². The van der Waals surface area contributed by atoms with Crippen molar-refractivity contribution in [3.05, 3.63) is 19.2 Å². The first-order valence-corrected chi connectivity index (χ1v) is 8.48. The van der Waals surface area contributed by atoms with Gasteiger partial charge in [-0.3, -0.25) is 4.79 Å². The zero-order chi connectivity index (χ0) is 13.8. The van der Waals surface area contributed by atoms with E-state index in [1.54, 1.807) is 0 Å². The lowest BCUT2D eigenvalue weighted by atomic mass is 10.1. The fourth-order valence-corrected chi connectivity index (χ4v) is 4.88. The van der Waals surface area contributed by atoms with Crippen LogP contribution in [-0.4, -0.2) is 48.3 Å². The number of halogens is 2. The van der Waals surface area contributed by atoms with Gasteiger partial charge in [0, 0.05) is 13.1 Å². The van der Waals surface area contributed by atoms with E-state index < -0.39 is 0 Å². The van der Waals surface area contributed by atoms with Crippen LogP contribution < -0.4 is 0 Å². The van der Waals surface area contributed by atoms with E-state index in [-0.39, 0.29) is 18.6 Å².